The molecule has 0 aliphatic heterocycles. The van der Waals surface area contributed by atoms with E-state index in [4.69, 9.17) is 10.8 Å². The van der Waals surface area contributed by atoms with Gasteiger partial charge in [0.15, 0.2) is 0 Å². The van der Waals surface area contributed by atoms with Gasteiger partial charge in [0.2, 0.25) is 0 Å². The van der Waals surface area contributed by atoms with Gasteiger partial charge in [-0.05, 0) is 38.1 Å². The summed E-state index contributed by atoms with van der Waals surface area (Å²) in [5.41, 5.74) is 5.57. The molecule has 4 N–H and O–H groups in total. The highest BCUT2D eigenvalue weighted by Gasteiger charge is 2.29. The smallest absolute Gasteiger partial charge is 0.0460 e. The Kier molecular flexibility index (Phi) is 5.45. The Morgan fingerprint density at radius 1 is 1.43 bits per heavy atom. The molecule has 1 aliphatic rings. The minimum absolute atomic E-state index is 0.355. The van der Waals surface area contributed by atoms with E-state index in [0.717, 1.165) is 25.8 Å². The molecule has 1 atom stereocenters. The molecule has 3 heteroatoms. The third kappa shape index (κ3) is 3.56. The van der Waals surface area contributed by atoms with Gasteiger partial charge in [-0.25, -0.2) is 0 Å². The molecular formula is C11H24N2O. The van der Waals surface area contributed by atoms with Gasteiger partial charge in [0.05, 0.1) is 0 Å². The van der Waals surface area contributed by atoms with Crippen LogP contribution in [-0.2, 0) is 0 Å². The molecule has 1 fully saturated rings. The molecule has 1 saturated carbocycles. The summed E-state index contributed by atoms with van der Waals surface area (Å²) in [5.74, 6) is 0.549. The molecule has 0 spiro atoms. The van der Waals surface area contributed by atoms with E-state index >= 15 is 0 Å². The normalized spacial score (nSPS) is 28.5. The molecule has 0 aromatic carbocycles. The Hall–Kier alpha value is -0.120. The second-order valence-electron chi connectivity index (χ2n) is 4.45. The van der Waals surface area contributed by atoms with Gasteiger partial charge in [0, 0.05) is 18.7 Å². The predicted octanol–water partition coefficient (Wildman–Crippen LogP) is 0.864. The van der Waals surface area contributed by atoms with Crippen LogP contribution in [0.25, 0.3) is 0 Å². The molecule has 0 aromatic rings. The third-order valence-corrected chi connectivity index (χ3v) is 3.12. The number of nitrogens with two attached hydrogens (primary N) is 1. The first-order valence-corrected chi connectivity index (χ1v) is 5.87. The zero-order chi connectivity index (χ0) is 10.4. The lowest BCUT2D eigenvalue weighted by molar-refractivity contribution is 0.118. The second kappa shape index (κ2) is 6.38. The molecule has 0 heterocycles. The van der Waals surface area contributed by atoms with Gasteiger partial charge < -0.3 is 16.2 Å². The van der Waals surface area contributed by atoms with Crippen molar-refractivity contribution in [2.24, 2.45) is 11.7 Å². The van der Waals surface area contributed by atoms with E-state index in [-0.39, 0.29) is 0 Å². The quantitative estimate of drug-likeness (QED) is 0.571. The van der Waals surface area contributed by atoms with Gasteiger partial charge in [0.25, 0.3) is 0 Å². The van der Waals surface area contributed by atoms with Gasteiger partial charge in [-0.1, -0.05) is 13.3 Å². The van der Waals surface area contributed by atoms with Crippen molar-refractivity contribution >= 4 is 0 Å². The summed E-state index contributed by atoms with van der Waals surface area (Å²) in [7, 11) is 0. The van der Waals surface area contributed by atoms with Crippen LogP contribution in [0.4, 0.5) is 0 Å². The van der Waals surface area contributed by atoms with Gasteiger partial charge in [-0.15, -0.1) is 0 Å². The van der Waals surface area contributed by atoms with E-state index in [9.17, 15) is 0 Å². The van der Waals surface area contributed by atoms with E-state index < -0.39 is 0 Å². The molecule has 1 unspecified atom stereocenters. The molecule has 84 valence electrons. The van der Waals surface area contributed by atoms with Gasteiger partial charge in [-0.2, -0.15) is 0 Å². The zero-order valence-corrected chi connectivity index (χ0v) is 9.21. The van der Waals surface area contributed by atoms with Crippen LogP contribution in [0.1, 0.15) is 39.0 Å². The zero-order valence-electron chi connectivity index (χ0n) is 9.21. The summed E-state index contributed by atoms with van der Waals surface area (Å²) in [4.78, 5) is 0. The fourth-order valence-corrected chi connectivity index (χ4v) is 2.21. The number of aliphatic hydroxyl groups excluding tert-OH is 1. The standard InChI is InChI=1S/C11H24N2O/c1-2-3-10(4-5-12)13-11-6-9(7-11)8-14/h9-11,13-14H,2-8,12H2,1H3. The average Bonchev–Trinajstić information content (AvgIpc) is 2.11. The second-order valence-corrected chi connectivity index (χ2v) is 4.45. The first-order chi connectivity index (χ1) is 6.80. The van der Waals surface area contributed by atoms with Crippen molar-refractivity contribution in [3.63, 3.8) is 0 Å². The SMILES string of the molecule is CCCC(CCN)NC1CC(CO)C1. The third-order valence-electron chi connectivity index (χ3n) is 3.12. The maximum absolute atomic E-state index is 8.90. The average molecular weight is 200 g/mol. The highest BCUT2D eigenvalue weighted by molar-refractivity contribution is 4.87. The van der Waals surface area contributed by atoms with Crippen LogP contribution in [0.3, 0.4) is 0 Å². The van der Waals surface area contributed by atoms with Gasteiger partial charge in [0.1, 0.15) is 0 Å². The van der Waals surface area contributed by atoms with Crippen LogP contribution < -0.4 is 11.1 Å². The van der Waals surface area contributed by atoms with Crippen LogP contribution >= 0.6 is 0 Å². The maximum Gasteiger partial charge on any atom is 0.0460 e. The molecule has 0 bridgehead atoms. The van der Waals surface area contributed by atoms with Crippen LogP contribution in [-0.4, -0.2) is 30.3 Å². The highest BCUT2D eigenvalue weighted by atomic mass is 16.3. The molecule has 1 aliphatic carbocycles. The van der Waals surface area contributed by atoms with Crippen molar-refractivity contribution < 1.29 is 5.11 Å². The Bertz CT molecular complexity index is 140. The lowest BCUT2D eigenvalue weighted by atomic mass is 9.80. The minimum atomic E-state index is 0.355. The summed E-state index contributed by atoms with van der Waals surface area (Å²) in [6.45, 7) is 3.34. The molecule has 0 radical (unpaired) electrons. The number of aliphatic hydroxyl groups is 1. The Morgan fingerprint density at radius 2 is 2.14 bits per heavy atom. The van der Waals surface area contributed by atoms with E-state index in [1.807, 2.05) is 0 Å². The molecule has 0 aromatic heterocycles. The van der Waals surface area contributed by atoms with Crippen molar-refractivity contribution in [2.75, 3.05) is 13.2 Å². The lowest BCUT2D eigenvalue weighted by Gasteiger charge is -2.37. The molecule has 0 amide bonds. The lowest BCUT2D eigenvalue weighted by Crippen LogP contribution is -2.47. The molecule has 1 rings (SSSR count). The first kappa shape index (κ1) is 12.0. The van der Waals surface area contributed by atoms with Gasteiger partial charge in [-0.3, -0.25) is 0 Å². The van der Waals surface area contributed by atoms with E-state index in [1.54, 1.807) is 0 Å². The number of hydrogen-bond acceptors (Lipinski definition) is 3. The Morgan fingerprint density at radius 3 is 2.64 bits per heavy atom. The summed E-state index contributed by atoms with van der Waals surface area (Å²) in [6.07, 6.45) is 5.79. The number of rotatable bonds is 7. The fourth-order valence-electron chi connectivity index (χ4n) is 2.21. The van der Waals surface area contributed by atoms with Crippen LogP contribution in [0.15, 0.2) is 0 Å². The van der Waals surface area contributed by atoms with Crippen molar-refractivity contribution in [1.29, 1.82) is 0 Å². The number of hydrogen-bond donors (Lipinski definition) is 3. The Balaban J connectivity index is 2.13. The van der Waals surface area contributed by atoms with E-state index in [1.165, 1.54) is 12.8 Å². The van der Waals surface area contributed by atoms with E-state index in [2.05, 4.69) is 12.2 Å². The van der Waals surface area contributed by atoms with Crippen molar-refractivity contribution in [3.8, 4) is 0 Å². The Labute approximate surface area is 87.1 Å². The summed E-state index contributed by atoms with van der Waals surface area (Å²) < 4.78 is 0. The van der Waals surface area contributed by atoms with Crippen LogP contribution in [0.2, 0.25) is 0 Å². The minimum Gasteiger partial charge on any atom is -0.396 e. The molecule has 14 heavy (non-hydrogen) atoms. The number of nitrogens with one attached hydrogen (secondary N) is 1. The summed E-state index contributed by atoms with van der Waals surface area (Å²) >= 11 is 0. The molecular weight excluding hydrogens is 176 g/mol. The fraction of sp³-hybridized carbons (Fsp3) is 1.00. The van der Waals surface area contributed by atoms with Crippen molar-refractivity contribution in [1.82, 2.24) is 5.32 Å². The van der Waals surface area contributed by atoms with Gasteiger partial charge >= 0.3 is 0 Å². The highest BCUT2D eigenvalue weighted by Crippen LogP contribution is 2.27. The molecule has 3 nitrogen and oxygen atoms in total. The molecule has 0 saturated heterocycles. The topological polar surface area (TPSA) is 58.3 Å². The summed E-state index contributed by atoms with van der Waals surface area (Å²) in [6, 6.07) is 1.23. The van der Waals surface area contributed by atoms with Crippen molar-refractivity contribution in [3.05, 3.63) is 0 Å². The van der Waals surface area contributed by atoms with Crippen LogP contribution in [0.5, 0.6) is 0 Å². The monoisotopic (exact) mass is 200 g/mol. The van der Waals surface area contributed by atoms with Crippen molar-refractivity contribution in [2.45, 2.75) is 51.1 Å². The van der Waals surface area contributed by atoms with E-state index in [0.29, 0.717) is 24.6 Å². The largest absolute Gasteiger partial charge is 0.396 e. The first-order valence-electron chi connectivity index (χ1n) is 5.87. The predicted molar refractivity (Wildman–Crippen MR) is 59.1 cm³/mol. The van der Waals surface area contributed by atoms with Crippen LogP contribution in [0, 0.1) is 5.92 Å². The maximum atomic E-state index is 8.90. The summed E-state index contributed by atoms with van der Waals surface area (Å²) in [5, 5.41) is 12.5.